The average molecular weight is 280 g/mol. The highest BCUT2D eigenvalue weighted by atomic mass is 19.1. The summed E-state index contributed by atoms with van der Waals surface area (Å²) in [5.41, 5.74) is 0.698. The third-order valence-corrected chi connectivity index (χ3v) is 3.30. The van der Waals surface area contributed by atoms with Crippen molar-refractivity contribution in [3.63, 3.8) is 0 Å². The Morgan fingerprint density at radius 1 is 1.45 bits per heavy atom. The number of hydrogen-bond acceptors (Lipinski definition) is 2. The lowest BCUT2D eigenvalue weighted by atomic mass is 10.2. The minimum Gasteiger partial charge on any atom is -0.480 e. The summed E-state index contributed by atoms with van der Waals surface area (Å²) in [7, 11) is 0. The summed E-state index contributed by atoms with van der Waals surface area (Å²) in [6.45, 7) is 1.64. The lowest BCUT2D eigenvalue weighted by Gasteiger charge is -2.21. The zero-order chi connectivity index (χ0) is 14.7. The number of halogens is 1. The smallest absolute Gasteiger partial charge is 0.323 e. The molecule has 0 aromatic heterocycles. The van der Waals surface area contributed by atoms with E-state index in [9.17, 15) is 14.0 Å². The maximum atomic E-state index is 13.4. The summed E-state index contributed by atoms with van der Waals surface area (Å²) in [5, 5.41) is 11.4. The molecule has 1 aliphatic carbocycles. The number of nitrogens with one attached hydrogen (secondary N) is 1. The van der Waals surface area contributed by atoms with Gasteiger partial charge in [-0.25, -0.2) is 9.18 Å². The summed E-state index contributed by atoms with van der Waals surface area (Å²) in [4.78, 5) is 24.2. The van der Waals surface area contributed by atoms with Gasteiger partial charge < -0.3 is 15.3 Å². The van der Waals surface area contributed by atoms with E-state index in [1.54, 1.807) is 13.0 Å². The number of urea groups is 1. The van der Waals surface area contributed by atoms with Crippen LogP contribution in [0.5, 0.6) is 0 Å². The molecule has 2 N–H and O–H groups in total. The van der Waals surface area contributed by atoms with E-state index >= 15 is 0 Å². The van der Waals surface area contributed by atoms with Gasteiger partial charge in [0, 0.05) is 17.8 Å². The second kappa shape index (κ2) is 5.90. The first-order chi connectivity index (χ1) is 9.47. The van der Waals surface area contributed by atoms with Gasteiger partial charge in [-0.05, 0) is 37.8 Å². The van der Waals surface area contributed by atoms with Crippen LogP contribution < -0.4 is 5.32 Å². The van der Waals surface area contributed by atoms with E-state index < -0.39 is 17.8 Å². The van der Waals surface area contributed by atoms with E-state index in [0.717, 1.165) is 12.8 Å². The Bertz CT molecular complexity index is 529. The molecule has 1 saturated carbocycles. The fourth-order valence-electron chi connectivity index (χ4n) is 1.93. The number of carboxylic acid groups (broad SMARTS) is 1. The van der Waals surface area contributed by atoms with E-state index in [0.29, 0.717) is 23.7 Å². The van der Waals surface area contributed by atoms with E-state index in [2.05, 4.69) is 5.32 Å². The average Bonchev–Trinajstić information content (AvgIpc) is 3.17. The third kappa shape index (κ3) is 3.69. The Kier molecular flexibility index (Phi) is 4.22. The molecule has 108 valence electrons. The first-order valence-corrected chi connectivity index (χ1v) is 6.50. The lowest BCUT2D eigenvalue weighted by Crippen LogP contribution is -2.40. The lowest BCUT2D eigenvalue weighted by molar-refractivity contribution is -0.137. The maximum absolute atomic E-state index is 13.4. The predicted octanol–water partition coefficient (Wildman–Crippen LogP) is 2.46. The van der Waals surface area contributed by atoms with Gasteiger partial charge in [-0.3, -0.25) is 4.79 Å². The normalized spacial score (nSPS) is 13.9. The molecule has 5 nitrogen and oxygen atoms in total. The summed E-state index contributed by atoms with van der Waals surface area (Å²) in [6.07, 6.45) is 2.03. The molecule has 2 amide bonds. The van der Waals surface area contributed by atoms with E-state index in [4.69, 9.17) is 5.11 Å². The first-order valence-electron chi connectivity index (χ1n) is 6.50. The number of carbonyl (C=O) groups excluding carboxylic acids is 1. The van der Waals surface area contributed by atoms with Crippen molar-refractivity contribution in [2.45, 2.75) is 19.8 Å². The highest BCUT2D eigenvalue weighted by Gasteiger charge is 2.28. The number of benzene rings is 1. The summed E-state index contributed by atoms with van der Waals surface area (Å²) >= 11 is 0. The fraction of sp³-hybridized carbons (Fsp3) is 0.429. The SMILES string of the molecule is Cc1c(F)cccc1NC(=O)N(CC(=O)O)CC1CC1. The standard InChI is InChI=1S/C14H17FN2O3/c1-9-11(15)3-2-4-12(9)16-14(20)17(8-13(18)19)7-10-5-6-10/h2-4,10H,5-8H2,1H3,(H,16,20)(H,18,19). The van der Waals surface area contributed by atoms with Crippen LogP contribution in [0.1, 0.15) is 18.4 Å². The third-order valence-electron chi connectivity index (χ3n) is 3.30. The van der Waals surface area contributed by atoms with Crippen LogP contribution in [0.2, 0.25) is 0 Å². The molecule has 0 bridgehead atoms. The van der Waals surface area contributed by atoms with Crippen LogP contribution >= 0.6 is 0 Å². The van der Waals surface area contributed by atoms with Crippen molar-refractivity contribution in [3.8, 4) is 0 Å². The van der Waals surface area contributed by atoms with Crippen LogP contribution in [0.15, 0.2) is 18.2 Å². The number of amides is 2. The van der Waals surface area contributed by atoms with Crippen molar-refractivity contribution in [3.05, 3.63) is 29.6 Å². The molecule has 6 heteroatoms. The molecular formula is C14H17FN2O3. The summed E-state index contributed by atoms with van der Waals surface area (Å²) in [6, 6.07) is 3.89. The van der Waals surface area contributed by atoms with Gasteiger partial charge in [0.2, 0.25) is 0 Å². The number of carbonyl (C=O) groups is 2. The second-order valence-corrected chi connectivity index (χ2v) is 5.06. The zero-order valence-electron chi connectivity index (χ0n) is 11.2. The van der Waals surface area contributed by atoms with Gasteiger partial charge in [0.05, 0.1) is 0 Å². The van der Waals surface area contributed by atoms with Crippen LogP contribution in [0.4, 0.5) is 14.9 Å². The minimum atomic E-state index is -1.06. The van der Waals surface area contributed by atoms with Gasteiger partial charge in [0.1, 0.15) is 12.4 Å². The van der Waals surface area contributed by atoms with Crippen molar-refractivity contribution in [1.82, 2.24) is 4.90 Å². The molecule has 0 spiro atoms. The molecule has 20 heavy (non-hydrogen) atoms. The molecule has 1 aromatic carbocycles. The highest BCUT2D eigenvalue weighted by molar-refractivity contribution is 5.92. The van der Waals surface area contributed by atoms with Gasteiger partial charge in [0.15, 0.2) is 0 Å². The van der Waals surface area contributed by atoms with Crippen LogP contribution in [0.25, 0.3) is 0 Å². The number of anilines is 1. The van der Waals surface area contributed by atoms with Crippen LogP contribution in [-0.2, 0) is 4.79 Å². The topological polar surface area (TPSA) is 69.6 Å². The number of carboxylic acids is 1. The Morgan fingerprint density at radius 3 is 2.75 bits per heavy atom. The van der Waals surface area contributed by atoms with Gasteiger partial charge in [0.25, 0.3) is 0 Å². The molecule has 0 heterocycles. The molecule has 1 aromatic rings. The van der Waals surface area contributed by atoms with Crippen LogP contribution in [0.3, 0.4) is 0 Å². The number of hydrogen-bond donors (Lipinski definition) is 2. The van der Waals surface area contributed by atoms with Crippen LogP contribution in [-0.4, -0.2) is 35.1 Å². The Hall–Kier alpha value is -2.11. The summed E-state index contributed by atoms with van der Waals surface area (Å²) in [5.74, 6) is -1.08. The van der Waals surface area contributed by atoms with Crippen molar-refractivity contribution in [2.75, 3.05) is 18.4 Å². The van der Waals surface area contributed by atoms with Crippen LogP contribution in [0, 0.1) is 18.7 Å². The molecule has 0 atom stereocenters. The Balaban J connectivity index is 2.06. The van der Waals surface area contributed by atoms with Crippen molar-refractivity contribution in [1.29, 1.82) is 0 Å². The predicted molar refractivity (Wildman–Crippen MR) is 72.1 cm³/mol. The molecule has 2 rings (SSSR count). The van der Waals surface area contributed by atoms with Gasteiger partial charge in [-0.2, -0.15) is 0 Å². The highest BCUT2D eigenvalue weighted by Crippen LogP contribution is 2.30. The van der Waals surface area contributed by atoms with E-state index in [1.165, 1.54) is 17.0 Å². The number of aliphatic carboxylic acids is 1. The summed E-state index contributed by atoms with van der Waals surface area (Å²) < 4.78 is 13.4. The molecule has 0 radical (unpaired) electrons. The minimum absolute atomic E-state index is 0.336. The maximum Gasteiger partial charge on any atom is 0.323 e. The second-order valence-electron chi connectivity index (χ2n) is 5.06. The molecule has 0 aliphatic heterocycles. The van der Waals surface area contributed by atoms with E-state index in [1.807, 2.05) is 0 Å². The number of rotatable bonds is 5. The monoisotopic (exact) mass is 280 g/mol. The zero-order valence-corrected chi connectivity index (χ0v) is 11.2. The Morgan fingerprint density at radius 2 is 2.15 bits per heavy atom. The van der Waals surface area contributed by atoms with Gasteiger partial charge in [-0.1, -0.05) is 6.07 Å². The molecule has 1 aliphatic rings. The first kappa shape index (κ1) is 14.3. The quantitative estimate of drug-likeness (QED) is 0.870. The molecule has 0 saturated heterocycles. The molecule has 1 fully saturated rings. The fourth-order valence-corrected chi connectivity index (χ4v) is 1.93. The largest absolute Gasteiger partial charge is 0.480 e. The Labute approximate surface area is 116 Å². The molecular weight excluding hydrogens is 263 g/mol. The van der Waals surface area contributed by atoms with Crippen molar-refractivity contribution < 1.29 is 19.1 Å². The van der Waals surface area contributed by atoms with Crippen molar-refractivity contribution >= 4 is 17.7 Å². The van der Waals surface area contributed by atoms with Crippen molar-refractivity contribution in [2.24, 2.45) is 5.92 Å². The van der Waals surface area contributed by atoms with Gasteiger partial charge in [-0.15, -0.1) is 0 Å². The molecule has 0 unspecified atom stereocenters. The van der Waals surface area contributed by atoms with E-state index in [-0.39, 0.29) is 6.54 Å². The number of nitrogens with zero attached hydrogens (tertiary/aromatic N) is 1. The van der Waals surface area contributed by atoms with Gasteiger partial charge >= 0.3 is 12.0 Å².